The van der Waals surface area contributed by atoms with Gasteiger partial charge in [0, 0.05) is 43.1 Å². The van der Waals surface area contributed by atoms with E-state index in [1.807, 2.05) is 0 Å². The molecule has 0 aliphatic heterocycles. The molecule has 0 radical (unpaired) electrons. The number of methoxy groups -OCH3 is 1. The molecule has 0 saturated heterocycles. The van der Waals surface area contributed by atoms with Crippen molar-refractivity contribution in [1.82, 2.24) is 4.90 Å². The number of nitrogens with zero attached hydrogens (tertiary/aromatic N) is 2. The van der Waals surface area contributed by atoms with E-state index in [4.69, 9.17) is 19.7 Å². The lowest BCUT2D eigenvalue weighted by Gasteiger charge is -2.21. The summed E-state index contributed by atoms with van der Waals surface area (Å²) < 4.78 is 49.3. The summed E-state index contributed by atoms with van der Waals surface area (Å²) in [6, 6.07) is 9.22. The van der Waals surface area contributed by atoms with Gasteiger partial charge in [0.1, 0.15) is 6.61 Å². The number of carbonyl (C=O) groups excluding carboxylic acids is 1. The Kier molecular flexibility index (Phi) is 12.8. The van der Waals surface area contributed by atoms with Gasteiger partial charge in [-0.05, 0) is 49.5 Å². The third-order valence-electron chi connectivity index (χ3n) is 5.23. The predicted molar refractivity (Wildman–Crippen MR) is 135 cm³/mol. The molecule has 0 aromatic heterocycles. The summed E-state index contributed by atoms with van der Waals surface area (Å²) in [7, 11) is 3.06. The first-order valence-corrected chi connectivity index (χ1v) is 11.5. The molecule has 0 atom stereocenters. The summed E-state index contributed by atoms with van der Waals surface area (Å²) >= 11 is 0. The molecule has 9 nitrogen and oxygen atoms in total. The molecule has 2 aromatic rings. The second-order valence-electron chi connectivity index (χ2n) is 7.66. The number of hydrogen-bond acceptors (Lipinski definition) is 6. The lowest BCUT2D eigenvalue weighted by Crippen LogP contribution is -2.28. The first-order chi connectivity index (χ1) is 17.8. The third kappa shape index (κ3) is 10.5. The Bertz CT molecular complexity index is 1080. The number of aliphatic carboxylic acids is 2. The van der Waals surface area contributed by atoms with Crippen molar-refractivity contribution in [3.05, 3.63) is 65.7 Å². The molecule has 0 bridgehead atoms. The third-order valence-corrected chi connectivity index (χ3v) is 5.23. The Balaban J connectivity index is 0.000000781. The highest BCUT2D eigenvalue weighted by atomic mass is 19.4. The minimum absolute atomic E-state index is 0.156. The van der Waals surface area contributed by atoms with Crippen LogP contribution in [0.15, 0.2) is 54.6 Å². The molecule has 2 N–H and O–H groups in total. The average molecular weight is 541 g/mol. The maximum Gasteiger partial charge on any atom is 0.416 e. The summed E-state index contributed by atoms with van der Waals surface area (Å²) in [4.78, 5) is 35.4. The summed E-state index contributed by atoms with van der Waals surface area (Å²) in [5.74, 6) is -1.91. The van der Waals surface area contributed by atoms with E-state index in [1.54, 1.807) is 25.2 Å². The number of hydrogen-bond donors (Lipinski definition) is 2. The van der Waals surface area contributed by atoms with Crippen LogP contribution in [0.2, 0.25) is 0 Å². The van der Waals surface area contributed by atoms with Crippen molar-refractivity contribution in [2.24, 2.45) is 0 Å². The molecule has 0 aliphatic rings. The number of anilines is 1. The first kappa shape index (κ1) is 32.0. The van der Waals surface area contributed by atoms with E-state index in [9.17, 15) is 27.6 Å². The molecule has 2 rings (SSSR count). The van der Waals surface area contributed by atoms with Crippen molar-refractivity contribution in [2.45, 2.75) is 20.0 Å². The molecule has 38 heavy (non-hydrogen) atoms. The van der Waals surface area contributed by atoms with Crippen LogP contribution in [0, 0.1) is 0 Å². The van der Waals surface area contributed by atoms with Crippen LogP contribution in [0.4, 0.5) is 18.9 Å². The lowest BCUT2D eigenvalue weighted by molar-refractivity contribution is -0.137. The highest BCUT2D eigenvalue weighted by molar-refractivity contribution is 6.05. The highest BCUT2D eigenvalue weighted by Crippen LogP contribution is 2.33. The van der Waals surface area contributed by atoms with Crippen molar-refractivity contribution < 1.29 is 47.2 Å². The van der Waals surface area contributed by atoms with E-state index in [1.165, 1.54) is 24.1 Å². The van der Waals surface area contributed by atoms with Crippen LogP contribution < -0.4 is 14.4 Å². The number of rotatable bonds is 11. The van der Waals surface area contributed by atoms with Gasteiger partial charge in [0.2, 0.25) is 0 Å². The molecule has 0 unspecified atom stereocenters. The van der Waals surface area contributed by atoms with Gasteiger partial charge in [0.25, 0.3) is 5.91 Å². The first-order valence-electron chi connectivity index (χ1n) is 11.5. The number of benzene rings is 2. The molecular formula is C26H31F3N2O7. The largest absolute Gasteiger partial charge is 0.493 e. The molecule has 0 heterocycles. The van der Waals surface area contributed by atoms with Gasteiger partial charge in [-0.15, -0.1) is 0 Å². The SMILES string of the molecule is CCN(CC)CCOc1ccc(N(C)C(=O)c2ccc(C(F)(F)F)cc2)cc1OC.O=C(O)/C=C\C(=O)O. The van der Waals surface area contributed by atoms with Crippen molar-refractivity contribution in [2.75, 3.05) is 45.3 Å². The summed E-state index contributed by atoms with van der Waals surface area (Å²) in [6.07, 6.45) is -3.33. The summed E-state index contributed by atoms with van der Waals surface area (Å²) in [5.41, 5.74) is -0.105. The van der Waals surface area contributed by atoms with Crippen LogP contribution in [-0.2, 0) is 15.8 Å². The second kappa shape index (κ2) is 15.3. The minimum Gasteiger partial charge on any atom is -0.493 e. The van der Waals surface area contributed by atoms with Gasteiger partial charge < -0.3 is 29.5 Å². The van der Waals surface area contributed by atoms with Gasteiger partial charge in [0.05, 0.1) is 12.7 Å². The van der Waals surface area contributed by atoms with Gasteiger partial charge in [0.15, 0.2) is 11.5 Å². The molecule has 0 spiro atoms. The maximum absolute atomic E-state index is 12.7. The number of amides is 1. The van der Waals surface area contributed by atoms with Gasteiger partial charge in [-0.25, -0.2) is 9.59 Å². The number of carboxylic acids is 2. The molecular weight excluding hydrogens is 509 g/mol. The normalized spacial score (nSPS) is 11.1. The molecule has 0 fully saturated rings. The molecule has 208 valence electrons. The number of likely N-dealkylation sites (N-methyl/N-ethyl adjacent to an activating group) is 1. The minimum atomic E-state index is -4.44. The standard InChI is InChI=1S/C22H27F3N2O3.C4H4O4/c1-5-27(6-2)13-14-30-19-12-11-18(15-20(19)29-4)26(3)21(28)16-7-9-17(10-8-16)22(23,24)25;5-3(6)1-2-4(7)8/h7-12,15H,5-6,13-14H2,1-4H3;1-2H,(H,5,6)(H,7,8)/b;2-1-. The number of carboxylic acid groups (broad SMARTS) is 2. The van der Waals surface area contributed by atoms with Crippen LogP contribution in [0.5, 0.6) is 11.5 Å². The van der Waals surface area contributed by atoms with Crippen molar-refractivity contribution in [3.8, 4) is 11.5 Å². The van der Waals surface area contributed by atoms with E-state index < -0.39 is 29.6 Å². The second-order valence-corrected chi connectivity index (χ2v) is 7.66. The van der Waals surface area contributed by atoms with E-state index in [-0.39, 0.29) is 5.56 Å². The highest BCUT2D eigenvalue weighted by Gasteiger charge is 2.30. The van der Waals surface area contributed by atoms with Crippen LogP contribution in [0.1, 0.15) is 29.8 Å². The van der Waals surface area contributed by atoms with Crippen LogP contribution in [-0.4, -0.2) is 73.4 Å². The van der Waals surface area contributed by atoms with E-state index >= 15 is 0 Å². The van der Waals surface area contributed by atoms with Gasteiger partial charge in [-0.1, -0.05) is 13.8 Å². The quantitative estimate of drug-likeness (QED) is 0.403. The Morgan fingerprint density at radius 2 is 1.47 bits per heavy atom. The topological polar surface area (TPSA) is 117 Å². The Morgan fingerprint density at radius 1 is 0.921 bits per heavy atom. The number of alkyl halides is 3. The van der Waals surface area contributed by atoms with Gasteiger partial charge in [-0.2, -0.15) is 13.2 Å². The Morgan fingerprint density at radius 3 is 1.92 bits per heavy atom. The average Bonchev–Trinajstić information content (AvgIpc) is 2.89. The molecule has 0 saturated carbocycles. The summed E-state index contributed by atoms with van der Waals surface area (Å²) in [6.45, 7) is 7.33. The van der Waals surface area contributed by atoms with Crippen LogP contribution in [0.3, 0.4) is 0 Å². The monoisotopic (exact) mass is 540 g/mol. The van der Waals surface area contributed by atoms with Gasteiger partial charge >= 0.3 is 18.1 Å². The number of ether oxygens (including phenoxy) is 2. The van der Waals surface area contributed by atoms with Crippen LogP contribution >= 0.6 is 0 Å². The molecule has 0 aliphatic carbocycles. The smallest absolute Gasteiger partial charge is 0.416 e. The zero-order chi connectivity index (χ0) is 28.9. The van der Waals surface area contributed by atoms with Crippen molar-refractivity contribution >= 4 is 23.5 Å². The molecule has 12 heteroatoms. The lowest BCUT2D eigenvalue weighted by atomic mass is 10.1. The zero-order valence-corrected chi connectivity index (χ0v) is 21.5. The van der Waals surface area contributed by atoms with E-state index in [2.05, 4.69) is 18.7 Å². The van der Waals surface area contributed by atoms with E-state index in [0.717, 1.165) is 31.8 Å². The van der Waals surface area contributed by atoms with E-state index in [0.29, 0.717) is 35.9 Å². The fourth-order valence-corrected chi connectivity index (χ4v) is 3.06. The summed E-state index contributed by atoms with van der Waals surface area (Å²) in [5, 5.41) is 15.6. The van der Waals surface area contributed by atoms with Gasteiger partial charge in [-0.3, -0.25) is 4.79 Å². The molecule has 1 amide bonds. The fourth-order valence-electron chi connectivity index (χ4n) is 3.06. The fraction of sp³-hybridized carbons (Fsp3) is 0.346. The molecule has 2 aromatic carbocycles. The number of carbonyl (C=O) groups is 3. The zero-order valence-electron chi connectivity index (χ0n) is 21.5. The Hall–Kier alpha value is -4.06. The Labute approximate surface area is 218 Å². The van der Waals surface area contributed by atoms with Crippen molar-refractivity contribution in [1.29, 1.82) is 0 Å². The number of halogens is 3. The maximum atomic E-state index is 12.7. The predicted octanol–water partition coefficient (Wildman–Crippen LogP) is 4.42. The van der Waals surface area contributed by atoms with Crippen molar-refractivity contribution in [3.63, 3.8) is 0 Å². The van der Waals surface area contributed by atoms with Crippen LogP contribution in [0.25, 0.3) is 0 Å².